The summed E-state index contributed by atoms with van der Waals surface area (Å²) in [6, 6.07) is 18.4. The second kappa shape index (κ2) is 7.17. The van der Waals surface area contributed by atoms with E-state index in [0.29, 0.717) is 18.4 Å². The van der Waals surface area contributed by atoms with Crippen molar-refractivity contribution >= 4 is 21.6 Å². The van der Waals surface area contributed by atoms with Gasteiger partial charge in [0, 0.05) is 24.6 Å². The molecule has 0 amide bonds. The van der Waals surface area contributed by atoms with Crippen molar-refractivity contribution in [3.8, 4) is 11.4 Å². The third kappa shape index (κ3) is 3.48. The number of tetrazole rings is 1. The molecule has 1 saturated heterocycles. The zero-order chi connectivity index (χ0) is 18.1. The molecule has 4 aromatic rings. The lowest BCUT2D eigenvalue weighted by atomic mass is 9.98. The Balaban J connectivity index is 1.21. The standard InChI is InChI=1S/C20H20N6S/c1-2-6-15(7-3-1)19-22-24-26(23-19)14-25-12-10-16(11-13-25)20-21-17-8-4-5-9-18(17)27-20/h1-9,16H,10-14H2. The lowest BCUT2D eigenvalue weighted by molar-refractivity contribution is 0.151. The minimum atomic E-state index is 0.558. The molecule has 5 rings (SSSR count). The number of likely N-dealkylation sites (tertiary alicyclic amines) is 1. The van der Waals surface area contributed by atoms with E-state index in [-0.39, 0.29) is 0 Å². The minimum absolute atomic E-state index is 0.558. The van der Waals surface area contributed by atoms with Gasteiger partial charge in [-0.1, -0.05) is 42.5 Å². The third-order valence-electron chi connectivity index (χ3n) is 5.06. The van der Waals surface area contributed by atoms with Gasteiger partial charge in [0.05, 0.1) is 15.2 Å². The molecule has 0 unspecified atom stereocenters. The molecule has 1 aliphatic heterocycles. The molecule has 27 heavy (non-hydrogen) atoms. The summed E-state index contributed by atoms with van der Waals surface area (Å²) in [5, 5.41) is 14.2. The summed E-state index contributed by atoms with van der Waals surface area (Å²) in [5.74, 6) is 1.24. The number of thiazole rings is 1. The van der Waals surface area contributed by atoms with Gasteiger partial charge in [-0.2, -0.15) is 0 Å². The number of piperidine rings is 1. The molecule has 2 aromatic heterocycles. The first-order valence-electron chi connectivity index (χ1n) is 9.26. The average molecular weight is 376 g/mol. The molecule has 3 heterocycles. The van der Waals surface area contributed by atoms with Gasteiger partial charge < -0.3 is 0 Å². The van der Waals surface area contributed by atoms with E-state index in [4.69, 9.17) is 4.98 Å². The number of rotatable bonds is 4. The number of aromatic nitrogens is 5. The van der Waals surface area contributed by atoms with Gasteiger partial charge in [-0.05, 0) is 30.2 Å². The lowest BCUT2D eigenvalue weighted by Gasteiger charge is -2.30. The molecular formula is C20H20N6S. The van der Waals surface area contributed by atoms with Gasteiger partial charge in [-0.3, -0.25) is 4.90 Å². The fourth-order valence-electron chi connectivity index (χ4n) is 3.57. The molecule has 6 nitrogen and oxygen atoms in total. The van der Waals surface area contributed by atoms with Crippen LogP contribution >= 0.6 is 11.3 Å². The fraction of sp³-hybridized carbons (Fsp3) is 0.300. The number of fused-ring (bicyclic) bond motifs is 1. The van der Waals surface area contributed by atoms with E-state index in [1.807, 2.05) is 41.7 Å². The molecule has 136 valence electrons. The Morgan fingerprint density at radius 3 is 2.56 bits per heavy atom. The number of hydrogen-bond donors (Lipinski definition) is 0. The summed E-state index contributed by atoms with van der Waals surface area (Å²) in [6.45, 7) is 2.75. The Kier molecular flexibility index (Phi) is 4.39. The summed E-state index contributed by atoms with van der Waals surface area (Å²) < 4.78 is 1.29. The SMILES string of the molecule is c1ccc(-c2nnn(CN3CCC(c4nc5ccccc5s4)CC3)n2)cc1. The highest BCUT2D eigenvalue weighted by atomic mass is 32.1. The molecule has 2 aromatic carbocycles. The van der Waals surface area contributed by atoms with E-state index >= 15 is 0 Å². The van der Waals surface area contributed by atoms with Crippen LogP contribution in [0, 0.1) is 0 Å². The summed E-state index contributed by atoms with van der Waals surface area (Å²) in [5.41, 5.74) is 2.12. The molecule has 1 fully saturated rings. The molecule has 0 spiro atoms. The van der Waals surface area contributed by atoms with Crippen molar-refractivity contribution in [1.82, 2.24) is 30.1 Å². The van der Waals surface area contributed by atoms with Crippen molar-refractivity contribution in [2.45, 2.75) is 25.4 Å². The number of para-hydroxylation sites is 1. The van der Waals surface area contributed by atoms with Crippen LogP contribution in [0.3, 0.4) is 0 Å². The van der Waals surface area contributed by atoms with E-state index in [2.05, 4.69) is 44.6 Å². The molecule has 0 aliphatic carbocycles. The van der Waals surface area contributed by atoms with E-state index in [1.54, 1.807) is 4.80 Å². The summed E-state index contributed by atoms with van der Waals surface area (Å²) in [7, 11) is 0. The van der Waals surface area contributed by atoms with E-state index in [0.717, 1.165) is 37.0 Å². The highest BCUT2D eigenvalue weighted by molar-refractivity contribution is 7.18. The van der Waals surface area contributed by atoms with Gasteiger partial charge in [0.15, 0.2) is 0 Å². The Hall–Kier alpha value is -2.64. The number of benzene rings is 2. The van der Waals surface area contributed by atoms with Gasteiger partial charge in [-0.25, -0.2) is 4.98 Å². The largest absolute Gasteiger partial charge is 0.283 e. The molecule has 0 atom stereocenters. The number of nitrogens with zero attached hydrogens (tertiary/aromatic N) is 6. The summed E-state index contributed by atoms with van der Waals surface area (Å²) in [4.78, 5) is 8.93. The van der Waals surface area contributed by atoms with Crippen LogP contribution in [-0.4, -0.2) is 43.2 Å². The highest BCUT2D eigenvalue weighted by Gasteiger charge is 2.24. The fourth-order valence-corrected chi connectivity index (χ4v) is 4.71. The van der Waals surface area contributed by atoms with Gasteiger partial charge in [0.25, 0.3) is 0 Å². The van der Waals surface area contributed by atoms with Gasteiger partial charge in [-0.15, -0.1) is 26.3 Å². The van der Waals surface area contributed by atoms with Crippen LogP contribution in [0.5, 0.6) is 0 Å². The summed E-state index contributed by atoms with van der Waals surface area (Å²) >= 11 is 1.84. The zero-order valence-electron chi connectivity index (χ0n) is 14.9. The maximum atomic E-state index is 4.84. The molecule has 1 aliphatic rings. The molecule has 0 radical (unpaired) electrons. The normalized spacial score (nSPS) is 16.1. The molecule has 7 heteroatoms. The average Bonchev–Trinajstić information content (AvgIpc) is 3.36. The molecule has 0 bridgehead atoms. The lowest BCUT2D eigenvalue weighted by Crippen LogP contribution is -2.35. The minimum Gasteiger partial charge on any atom is -0.283 e. The van der Waals surface area contributed by atoms with Gasteiger partial charge in [0.2, 0.25) is 5.82 Å². The van der Waals surface area contributed by atoms with Crippen molar-refractivity contribution in [3.63, 3.8) is 0 Å². The second-order valence-corrected chi connectivity index (χ2v) is 7.97. The Morgan fingerprint density at radius 1 is 0.963 bits per heavy atom. The van der Waals surface area contributed by atoms with Crippen LogP contribution in [0.25, 0.3) is 21.6 Å². The number of hydrogen-bond acceptors (Lipinski definition) is 6. The summed E-state index contributed by atoms with van der Waals surface area (Å²) in [6.07, 6.45) is 2.25. The Labute approximate surface area is 161 Å². The zero-order valence-corrected chi connectivity index (χ0v) is 15.7. The van der Waals surface area contributed by atoms with Crippen LogP contribution in [0.15, 0.2) is 54.6 Å². The van der Waals surface area contributed by atoms with Gasteiger partial charge in [0.1, 0.15) is 6.67 Å². The topological polar surface area (TPSA) is 59.7 Å². The Bertz CT molecular complexity index is 1000. The van der Waals surface area contributed by atoms with Crippen LogP contribution in [0.4, 0.5) is 0 Å². The van der Waals surface area contributed by atoms with Crippen LogP contribution < -0.4 is 0 Å². The van der Waals surface area contributed by atoms with Crippen molar-refractivity contribution < 1.29 is 0 Å². The van der Waals surface area contributed by atoms with Crippen LogP contribution in [-0.2, 0) is 6.67 Å². The molecule has 0 N–H and O–H groups in total. The third-order valence-corrected chi connectivity index (χ3v) is 6.26. The van der Waals surface area contributed by atoms with E-state index < -0.39 is 0 Å². The van der Waals surface area contributed by atoms with E-state index in [1.165, 1.54) is 9.71 Å². The first-order chi connectivity index (χ1) is 13.3. The molecule has 0 saturated carbocycles. The molecular weight excluding hydrogens is 356 g/mol. The Morgan fingerprint density at radius 2 is 1.74 bits per heavy atom. The first-order valence-corrected chi connectivity index (χ1v) is 10.1. The quantitative estimate of drug-likeness (QED) is 0.542. The predicted molar refractivity (Wildman–Crippen MR) is 106 cm³/mol. The monoisotopic (exact) mass is 376 g/mol. The van der Waals surface area contributed by atoms with Crippen molar-refractivity contribution in [2.24, 2.45) is 0 Å². The van der Waals surface area contributed by atoms with Crippen molar-refractivity contribution in [1.29, 1.82) is 0 Å². The second-order valence-electron chi connectivity index (χ2n) is 6.90. The maximum absolute atomic E-state index is 4.84. The maximum Gasteiger partial charge on any atom is 0.204 e. The van der Waals surface area contributed by atoms with Crippen molar-refractivity contribution in [3.05, 3.63) is 59.6 Å². The van der Waals surface area contributed by atoms with E-state index in [9.17, 15) is 0 Å². The van der Waals surface area contributed by atoms with Gasteiger partial charge >= 0.3 is 0 Å². The smallest absolute Gasteiger partial charge is 0.204 e. The predicted octanol–water partition coefficient (Wildman–Crippen LogP) is 3.79. The first kappa shape index (κ1) is 16.5. The van der Waals surface area contributed by atoms with Crippen molar-refractivity contribution in [2.75, 3.05) is 13.1 Å². The van der Waals surface area contributed by atoms with Crippen LogP contribution in [0.2, 0.25) is 0 Å². The highest BCUT2D eigenvalue weighted by Crippen LogP contribution is 2.33. The van der Waals surface area contributed by atoms with Crippen LogP contribution in [0.1, 0.15) is 23.8 Å².